The summed E-state index contributed by atoms with van der Waals surface area (Å²) in [5, 5.41) is 4.58. The molecule has 0 saturated carbocycles. The first-order valence-electron chi connectivity index (χ1n) is 10.6. The molecule has 9 heteroatoms. The van der Waals surface area contributed by atoms with Gasteiger partial charge in [0.15, 0.2) is 11.5 Å². The van der Waals surface area contributed by atoms with E-state index in [9.17, 15) is 4.79 Å². The van der Waals surface area contributed by atoms with Gasteiger partial charge in [-0.2, -0.15) is 9.97 Å². The number of hydrogen-bond donors (Lipinski definition) is 3. The van der Waals surface area contributed by atoms with Crippen molar-refractivity contribution >= 4 is 45.4 Å². The van der Waals surface area contributed by atoms with Crippen LogP contribution in [0.4, 0.5) is 5.82 Å². The molecule has 1 saturated heterocycles. The number of carbonyl (C=O) groups is 1. The third-order valence-electron chi connectivity index (χ3n) is 5.92. The van der Waals surface area contributed by atoms with Gasteiger partial charge in [-0.15, -0.1) is 0 Å². The normalized spacial score (nSPS) is 17.9. The summed E-state index contributed by atoms with van der Waals surface area (Å²) in [6, 6.07) is 8.27. The van der Waals surface area contributed by atoms with Crippen LogP contribution in [0, 0.1) is 5.92 Å². The second-order valence-electron chi connectivity index (χ2n) is 8.18. The fourth-order valence-corrected chi connectivity index (χ4v) is 4.61. The second kappa shape index (κ2) is 8.19. The minimum Gasteiger partial charge on any atom is -0.361 e. The van der Waals surface area contributed by atoms with E-state index < -0.39 is 0 Å². The van der Waals surface area contributed by atoms with Crippen LogP contribution in [0.15, 0.2) is 36.8 Å². The third-order valence-corrected chi connectivity index (χ3v) is 6.09. The van der Waals surface area contributed by atoms with Crippen molar-refractivity contribution in [2.75, 3.05) is 18.0 Å². The lowest BCUT2D eigenvalue weighted by atomic mass is 9.96. The highest BCUT2D eigenvalue weighted by Gasteiger charge is 2.29. The van der Waals surface area contributed by atoms with Gasteiger partial charge >= 0.3 is 0 Å². The molecule has 1 fully saturated rings. The summed E-state index contributed by atoms with van der Waals surface area (Å²) >= 11 is 6.09. The summed E-state index contributed by atoms with van der Waals surface area (Å²) in [5.41, 5.74) is 3.62. The van der Waals surface area contributed by atoms with Crippen LogP contribution in [-0.2, 0) is 11.2 Å². The number of amides is 1. The zero-order valence-electron chi connectivity index (χ0n) is 17.2. The number of carbonyl (C=O) groups excluding carboxylic acids is 1. The van der Waals surface area contributed by atoms with Gasteiger partial charge in [0.1, 0.15) is 5.52 Å². The molecule has 160 valence electrons. The number of rotatable bonds is 5. The molecule has 4 aromatic rings. The number of nitrogens with one attached hydrogen (secondary N) is 3. The van der Waals surface area contributed by atoms with E-state index in [4.69, 9.17) is 11.6 Å². The molecule has 1 aliphatic rings. The van der Waals surface area contributed by atoms with Crippen molar-refractivity contribution in [3.63, 3.8) is 0 Å². The molecule has 0 spiro atoms. The predicted octanol–water partition coefficient (Wildman–Crippen LogP) is 3.45. The Labute approximate surface area is 184 Å². The Morgan fingerprint density at radius 1 is 1.32 bits per heavy atom. The number of anilines is 1. The fourth-order valence-electron chi connectivity index (χ4n) is 4.45. The van der Waals surface area contributed by atoms with Crippen LogP contribution in [0.5, 0.6) is 0 Å². The topological polar surface area (TPSA) is 103 Å². The Kier molecular flexibility index (Phi) is 5.23. The van der Waals surface area contributed by atoms with Crippen molar-refractivity contribution in [3.05, 3.63) is 47.6 Å². The van der Waals surface area contributed by atoms with E-state index in [0.717, 1.165) is 36.8 Å². The number of benzene rings is 1. The van der Waals surface area contributed by atoms with E-state index >= 15 is 0 Å². The van der Waals surface area contributed by atoms with E-state index in [0.29, 0.717) is 18.0 Å². The molecule has 31 heavy (non-hydrogen) atoms. The molecular formula is C22H24ClN7O. The lowest BCUT2D eigenvalue weighted by molar-refractivity contribution is -0.125. The molecule has 1 aromatic carbocycles. The number of hydrogen-bond acceptors (Lipinski definition) is 5. The van der Waals surface area contributed by atoms with Crippen molar-refractivity contribution in [1.29, 1.82) is 0 Å². The van der Waals surface area contributed by atoms with Gasteiger partial charge in [-0.05, 0) is 49.4 Å². The van der Waals surface area contributed by atoms with Crippen molar-refractivity contribution < 1.29 is 4.79 Å². The van der Waals surface area contributed by atoms with Gasteiger partial charge in [0.25, 0.3) is 0 Å². The Balaban J connectivity index is 1.26. The smallest absolute Gasteiger partial charge is 0.226 e. The third kappa shape index (κ3) is 3.95. The molecular weight excluding hydrogens is 414 g/mol. The number of fused-ring (bicyclic) bond motifs is 2. The molecule has 0 bridgehead atoms. The summed E-state index contributed by atoms with van der Waals surface area (Å²) in [5.74, 6) is 0.681. The Morgan fingerprint density at radius 3 is 3.10 bits per heavy atom. The molecule has 4 heterocycles. The molecule has 0 radical (unpaired) electrons. The average Bonchev–Trinajstić information content (AvgIpc) is 3.40. The maximum atomic E-state index is 13.0. The number of H-pyrrole nitrogens is 2. The zero-order valence-corrected chi connectivity index (χ0v) is 18.0. The predicted molar refractivity (Wildman–Crippen MR) is 121 cm³/mol. The maximum absolute atomic E-state index is 13.0. The molecule has 0 unspecified atom stereocenters. The van der Waals surface area contributed by atoms with Gasteiger partial charge in [0, 0.05) is 36.2 Å². The molecule has 2 atom stereocenters. The number of para-hydroxylation sites is 1. The Morgan fingerprint density at radius 2 is 2.19 bits per heavy atom. The number of aromatic nitrogens is 5. The number of piperidine rings is 1. The van der Waals surface area contributed by atoms with E-state index in [1.807, 2.05) is 18.3 Å². The zero-order chi connectivity index (χ0) is 21.4. The summed E-state index contributed by atoms with van der Waals surface area (Å²) in [6.07, 6.45) is 6.16. The van der Waals surface area contributed by atoms with Crippen LogP contribution in [0.3, 0.4) is 0 Å². The summed E-state index contributed by atoms with van der Waals surface area (Å²) in [7, 11) is 0. The fraction of sp³-hybridized carbons (Fsp3) is 0.364. The standard InChI is InChI=1S/C22H24ClN7O/c1-13(9-15-10-24-17-7-3-2-6-16(15)17)27-21(31)14-5-4-8-30(11-14)20-18-19(26-12-25-18)28-22(23)29-20/h2-3,6-7,10,12-14,24H,4-5,8-9,11H2,1H3,(H,27,31)(H,25,26,28,29)/t13-,14-/m1/s1. The van der Waals surface area contributed by atoms with Crippen molar-refractivity contribution in [2.45, 2.75) is 32.2 Å². The number of imidazole rings is 1. The van der Waals surface area contributed by atoms with Crippen molar-refractivity contribution in [3.8, 4) is 0 Å². The van der Waals surface area contributed by atoms with Crippen LogP contribution in [0.2, 0.25) is 5.28 Å². The summed E-state index contributed by atoms with van der Waals surface area (Å²) in [6.45, 7) is 3.46. The highest BCUT2D eigenvalue weighted by Crippen LogP contribution is 2.28. The SMILES string of the molecule is C[C@H](Cc1c[nH]c2ccccc12)NC(=O)[C@@H]1CCCN(c2nc(Cl)nc3nc[nH]c23)C1. The maximum Gasteiger partial charge on any atom is 0.226 e. The van der Waals surface area contributed by atoms with Gasteiger partial charge in [-0.3, -0.25) is 4.79 Å². The molecule has 5 rings (SSSR count). The number of aromatic amines is 2. The first-order chi connectivity index (χ1) is 15.1. The molecule has 1 aliphatic heterocycles. The van der Waals surface area contributed by atoms with Crippen molar-refractivity contribution in [1.82, 2.24) is 30.2 Å². The number of halogens is 1. The second-order valence-corrected chi connectivity index (χ2v) is 8.51. The van der Waals surface area contributed by atoms with Gasteiger partial charge in [-0.1, -0.05) is 18.2 Å². The number of nitrogens with zero attached hydrogens (tertiary/aromatic N) is 4. The van der Waals surface area contributed by atoms with E-state index in [2.05, 4.69) is 54.2 Å². The highest BCUT2D eigenvalue weighted by atomic mass is 35.5. The van der Waals surface area contributed by atoms with Gasteiger partial charge in [0.2, 0.25) is 11.2 Å². The minimum atomic E-state index is -0.106. The molecule has 3 N–H and O–H groups in total. The molecule has 3 aromatic heterocycles. The van der Waals surface area contributed by atoms with E-state index in [-0.39, 0.29) is 23.2 Å². The molecule has 8 nitrogen and oxygen atoms in total. The summed E-state index contributed by atoms with van der Waals surface area (Å²) < 4.78 is 0. The minimum absolute atomic E-state index is 0.0369. The lowest BCUT2D eigenvalue weighted by Gasteiger charge is -2.33. The quantitative estimate of drug-likeness (QED) is 0.415. The van der Waals surface area contributed by atoms with Crippen LogP contribution in [0.25, 0.3) is 22.1 Å². The summed E-state index contributed by atoms with van der Waals surface area (Å²) in [4.78, 5) is 34.3. The first-order valence-corrected chi connectivity index (χ1v) is 10.9. The van der Waals surface area contributed by atoms with Crippen molar-refractivity contribution in [2.24, 2.45) is 5.92 Å². The Bertz CT molecular complexity index is 1230. The van der Waals surface area contributed by atoms with Crippen LogP contribution >= 0.6 is 11.6 Å². The van der Waals surface area contributed by atoms with Gasteiger partial charge in [0.05, 0.1) is 12.2 Å². The van der Waals surface area contributed by atoms with Gasteiger partial charge < -0.3 is 20.2 Å². The van der Waals surface area contributed by atoms with E-state index in [1.54, 1.807) is 6.33 Å². The van der Waals surface area contributed by atoms with Gasteiger partial charge in [-0.25, -0.2) is 4.98 Å². The highest BCUT2D eigenvalue weighted by molar-refractivity contribution is 6.28. The molecule has 0 aliphatic carbocycles. The van der Waals surface area contributed by atoms with Crippen LogP contribution < -0.4 is 10.2 Å². The first kappa shape index (κ1) is 19.8. The monoisotopic (exact) mass is 437 g/mol. The average molecular weight is 438 g/mol. The van der Waals surface area contributed by atoms with Crippen LogP contribution in [0.1, 0.15) is 25.3 Å². The largest absolute Gasteiger partial charge is 0.361 e. The molecule has 1 amide bonds. The van der Waals surface area contributed by atoms with Crippen LogP contribution in [-0.4, -0.2) is 50.0 Å². The van der Waals surface area contributed by atoms with E-state index in [1.165, 1.54) is 10.9 Å². The lowest BCUT2D eigenvalue weighted by Crippen LogP contribution is -2.46. The Hall–Kier alpha value is -3.13.